The number of hydrogen-bond acceptors (Lipinski definition) is 3. The van der Waals surface area contributed by atoms with Crippen molar-refractivity contribution in [2.24, 2.45) is 5.90 Å². The summed E-state index contributed by atoms with van der Waals surface area (Å²) in [7, 11) is 0. The van der Waals surface area contributed by atoms with E-state index < -0.39 is 5.82 Å². The average Bonchev–Trinajstić information content (AvgIpc) is 2.09. The molecule has 0 aliphatic heterocycles. The third-order valence-corrected chi connectivity index (χ3v) is 2.41. The highest BCUT2D eigenvalue weighted by atomic mass is 79.9. The van der Waals surface area contributed by atoms with E-state index >= 15 is 0 Å². The van der Waals surface area contributed by atoms with Crippen molar-refractivity contribution in [1.29, 1.82) is 0 Å². The third kappa shape index (κ3) is 1.99. The highest BCUT2D eigenvalue weighted by Gasteiger charge is 2.13. The first kappa shape index (κ1) is 10.4. The van der Waals surface area contributed by atoms with E-state index in [1.165, 1.54) is 6.07 Å². The normalized spacial score (nSPS) is 10.5. The van der Waals surface area contributed by atoms with Crippen molar-refractivity contribution < 1.29 is 14.3 Å². The van der Waals surface area contributed by atoms with Crippen molar-refractivity contribution in [3.05, 3.63) is 27.5 Å². The molecule has 1 aromatic rings. The molecule has 5 heteroatoms. The van der Waals surface area contributed by atoms with Crippen molar-refractivity contribution >= 4 is 15.9 Å². The molecule has 0 aliphatic rings. The number of phenolic OH excluding ortho intramolecular Hbond substituents is 1. The van der Waals surface area contributed by atoms with Crippen LogP contribution in [0.25, 0.3) is 0 Å². The van der Waals surface area contributed by atoms with Gasteiger partial charge in [-0.25, -0.2) is 10.3 Å². The fraction of sp³-hybridized carbons (Fsp3) is 0.250. The first-order valence-corrected chi connectivity index (χ1v) is 4.35. The molecule has 0 atom stereocenters. The van der Waals surface area contributed by atoms with Gasteiger partial charge < -0.3 is 5.11 Å². The SMILES string of the molecule is Cc1c(F)cc(Br)c(O)c1CON. The van der Waals surface area contributed by atoms with E-state index in [4.69, 9.17) is 5.90 Å². The molecule has 0 unspecified atom stereocenters. The Balaban J connectivity index is 3.28. The van der Waals surface area contributed by atoms with Crippen LogP contribution in [-0.4, -0.2) is 5.11 Å². The van der Waals surface area contributed by atoms with Crippen LogP contribution >= 0.6 is 15.9 Å². The Morgan fingerprint density at radius 1 is 1.69 bits per heavy atom. The molecule has 0 fully saturated rings. The lowest BCUT2D eigenvalue weighted by Crippen LogP contribution is -2.02. The summed E-state index contributed by atoms with van der Waals surface area (Å²) >= 11 is 3.01. The van der Waals surface area contributed by atoms with Crippen LogP contribution in [0.3, 0.4) is 0 Å². The second-order valence-corrected chi connectivity index (χ2v) is 3.46. The van der Waals surface area contributed by atoms with Crippen molar-refractivity contribution in [2.75, 3.05) is 0 Å². The highest BCUT2D eigenvalue weighted by Crippen LogP contribution is 2.32. The zero-order valence-corrected chi connectivity index (χ0v) is 8.56. The molecule has 1 aromatic carbocycles. The summed E-state index contributed by atoms with van der Waals surface area (Å²) < 4.78 is 13.4. The van der Waals surface area contributed by atoms with Crippen LogP contribution < -0.4 is 5.90 Å². The minimum Gasteiger partial charge on any atom is -0.506 e. The van der Waals surface area contributed by atoms with Gasteiger partial charge in [0, 0.05) is 5.56 Å². The maximum Gasteiger partial charge on any atom is 0.135 e. The Morgan fingerprint density at radius 3 is 2.85 bits per heavy atom. The van der Waals surface area contributed by atoms with Crippen LogP contribution in [0.2, 0.25) is 0 Å². The summed E-state index contributed by atoms with van der Waals surface area (Å²) in [5, 5.41) is 9.48. The van der Waals surface area contributed by atoms with Gasteiger partial charge in [0.2, 0.25) is 0 Å². The smallest absolute Gasteiger partial charge is 0.135 e. The third-order valence-electron chi connectivity index (χ3n) is 1.80. The predicted molar refractivity (Wildman–Crippen MR) is 49.5 cm³/mol. The van der Waals surface area contributed by atoms with Crippen LogP contribution in [0.4, 0.5) is 4.39 Å². The molecule has 0 saturated carbocycles. The summed E-state index contributed by atoms with van der Waals surface area (Å²) in [6.07, 6.45) is 0. The Bertz CT molecular complexity index is 304. The molecule has 0 amide bonds. The maximum absolute atomic E-state index is 13.1. The van der Waals surface area contributed by atoms with E-state index in [2.05, 4.69) is 20.8 Å². The molecule has 0 heterocycles. The molecule has 0 spiro atoms. The standard InChI is InChI=1S/C8H9BrFNO2/c1-4-5(3-13-11)8(12)6(9)2-7(4)10/h2,12H,3,11H2,1H3. The lowest BCUT2D eigenvalue weighted by atomic mass is 10.1. The monoisotopic (exact) mass is 249 g/mol. The zero-order chi connectivity index (χ0) is 10.0. The zero-order valence-electron chi connectivity index (χ0n) is 6.97. The minimum absolute atomic E-state index is 0.0198. The summed E-state index contributed by atoms with van der Waals surface area (Å²) in [6, 6.07) is 1.20. The van der Waals surface area contributed by atoms with E-state index in [-0.39, 0.29) is 12.4 Å². The molecule has 1 rings (SSSR count). The van der Waals surface area contributed by atoms with Gasteiger partial charge >= 0.3 is 0 Å². The Labute approximate surface area is 83.4 Å². The molecular formula is C8H9BrFNO2. The van der Waals surface area contributed by atoms with E-state index in [0.29, 0.717) is 15.6 Å². The van der Waals surface area contributed by atoms with E-state index in [1.54, 1.807) is 6.92 Å². The molecule has 0 radical (unpaired) electrons. The molecular weight excluding hydrogens is 241 g/mol. The average molecular weight is 250 g/mol. The van der Waals surface area contributed by atoms with Crippen LogP contribution in [-0.2, 0) is 11.4 Å². The summed E-state index contributed by atoms with van der Waals surface area (Å²) in [4.78, 5) is 4.35. The quantitative estimate of drug-likeness (QED) is 0.789. The molecule has 72 valence electrons. The first-order chi connectivity index (χ1) is 6.07. The van der Waals surface area contributed by atoms with Crippen LogP contribution in [0.15, 0.2) is 10.5 Å². The highest BCUT2D eigenvalue weighted by molar-refractivity contribution is 9.10. The topological polar surface area (TPSA) is 55.5 Å². The van der Waals surface area contributed by atoms with Crippen molar-refractivity contribution in [3.63, 3.8) is 0 Å². The van der Waals surface area contributed by atoms with Gasteiger partial charge in [0.15, 0.2) is 0 Å². The fourth-order valence-corrected chi connectivity index (χ4v) is 1.45. The number of aromatic hydroxyl groups is 1. The fourth-order valence-electron chi connectivity index (χ4n) is 1.01. The Morgan fingerprint density at radius 2 is 2.31 bits per heavy atom. The van der Waals surface area contributed by atoms with Crippen molar-refractivity contribution in [2.45, 2.75) is 13.5 Å². The van der Waals surface area contributed by atoms with Gasteiger partial charge in [-0.1, -0.05) is 0 Å². The lowest BCUT2D eigenvalue weighted by molar-refractivity contribution is 0.121. The van der Waals surface area contributed by atoms with Gasteiger partial charge in [-0.15, -0.1) is 0 Å². The van der Waals surface area contributed by atoms with Crippen LogP contribution in [0.1, 0.15) is 11.1 Å². The van der Waals surface area contributed by atoms with E-state index in [0.717, 1.165) is 0 Å². The number of hydrogen-bond donors (Lipinski definition) is 2. The molecule has 13 heavy (non-hydrogen) atoms. The van der Waals surface area contributed by atoms with Crippen molar-refractivity contribution in [1.82, 2.24) is 0 Å². The molecule has 0 bridgehead atoms. The maximum atomic E-state index is 13.1. The molecule has 0 saturated heterocycles. The summed E-state index contributed by atoms with van der Waals surface area (Å²) in [6.45, 7) is 1.53. The molecule has 0 aromatic heterocycles. The van der Waals surface area contributed by atoms with E-state index in [9.17, 15) is 9.50 Å². The van der Waals surface area contributed by atoms with Crippen LogP contribution in [0, 0.1) is 12.7 Å². The number of nitrogens with two attached hydrogens (primary N) is 1. The number of phenols is 1. The summed E-state index contributed by atoms with van der Waals surface area (Å²) in [5.74, 6) is 4.41. The van der Waals surface area contributed by atoms with Crippen LogP contribution in [0.5, 0.6) is 5.75 Å². The molecule has 3 nitrogen and oxygen atoms in total. The number of halogens is 2. The van der Waals surface area contributed by atoms with Gasteiger partial charge in [0.1, 0.15) is 11.6 Å². The second kappa shape index (κ2) is 4.04. The number of rotatable bonds is 2. The largest absolute Gasteiger partial charge is 0.506 e. The number of benzene rings is 1. The predicted octanol–water partition coefficient (Wildman–Crippen LogP) is 1.99. The molecule has 3 N–H and O–H groups in total. The lowest BCUT2D eigenvalue weighted by Gasteiger charge is -2.09. The Hall–Kier alpha value is -0.650. The first-order valence-electron chi connectivity index (χ1n) is 3.56. The van der Waals surface area contributed by atoms with Gasteiger partial charge in [-0.3, -0.25) is 4.84 Å². The summed E-state index contributed by atoms with van der Waals surface area (Å²) in [5.41, 5.74) is 0.695. The molecule has 0 aliphatic carbocycles. The van der Waals surface area contributed by atoms with Gasteiger partial charge in [0.25, 0.3) is 0 Å². The van der Waals surface area contributed by atoms with Crippen molar-refractivity contribution in [3.8, 4) is 5.75 Å². The second-order valence-electron chi connectivity index (χ2n) is 2.60. The Kier molecular flexibility index (Phi) is 3.24. The minimum atomic E-state index is -0.406. The van der Waals surface area contributed by atoms with Gasteiger partial charge in [0.05, 0.1) is 11.1 Å². The van der Waals surface area contributed by atoms with Gasteiger partial charge in [-0.2, -0.15) is 0 Å². The van der Waals surface area contributed by atoms with Gasteiger partial charge in [-0.05, 0) is 34.5 Å². The van der Waals surface area contributed by atoms with E-state index in [1.807, 2.05) is 0 Å².